The lowest BCUT2D eigenvalue weighted by Crippen LogP contribution is -2.55. The number of hydrogen-bond acceptors (Lipinski definition) is 9. The lowest BCUT2D eigenvalue weighted by molar-refractivity contribution is -0.0882. The number of aliphatic hydroxyl groups excluding tert-OH is 3. The van der Waals surface area contributed by atoms with Crippen LogP contribution >= 0.6 is 0 Å². The molecule has 1 aromatic rings. The van der Waals surface area contributed by atoms with Gasteiger partial charge in [0.25, 0.3) is 5.06 Å². The fraction of sp³-hybridized carbons (Fsp3) is 0.600. The lowest BCUT2D eigenvalue weighted by Gasteiger charge is -2.31. The van der Waals surface area contributed by atoms with Gasteiger partial charge in [0.05, 0.1) is 6.61 Å². The van der Waals surface area contributed by atoms with Crippen molar-refractivity contribution >= 4 is 15.7 Å². The Bertz CT molecular complexity index is 703. The van der Waals surface area contributed by atoms with Gasteiger partial charge >= 0.3 is 5.69 Å². The molecule has 0 unspecified atom stereocenters. The molecule has 118 valence electrons. The number of hydrogen-bond donors (Lipinski definition) is 4. The SMILES string of the molecule is CS(=O)(=O)[C@@]1(n2ccc(N)nc2=O)O[C@H](CO)[C@@H](O)[C@H]1O. The molecule has 1 aliphatic heterocycles. The molecule has 2 heterocycles. The second kappa shape index (κ2) is 5.03. The Kier molecular flexibility index (Phi) is 3.80. The molecular weight excluding hydrogens is 306 g/mol. The molecule has 21 heavy (non-hydrogen) atoms. The first-order valence-corrected chi connectivity index (χ1v) is 7.74. The van der Waals surface area contributed by atoms with Gasteiger partial charge in [-0.1, -0.05) is 0 Å². The van der Waals surface area contributed by atoms with Crippen molar-refractivity contribution in [3.63, 3.8) is 0 Å². The molecule has 2 rings (SSSR count). The summed E-state index contributed by atoms with van der Waals surface area (Å²) in [6, 6.07) is 1.14. The largest absolute Gasteiger partial charge is 0.394 e. The Morgan fingerprint density at radius 3 is 2.57 bits per heavy atom. The van der Waals surface area contributed by atoms with Crippen LogP contribution in [0, 0.1) is 0 Å². The van der Waals surface area contributed by atoms with Crippen LogP contribution < -0.4 is 11.4 Å². The summed E-state index contributed by atoms with van der Waals surface area (Å²) >= 11 is 0. The smallest absolute Gasteiger partial charge is 0.352 e. The summed E-state index contributed by atoms with van der Waals surface area (Å²) in [6.45, 7) is -0.743. The van der Waals surface area contributed by atoms with E-state index in [1.807, 2.05) is 0 Å². The molecule has 1 aromatic heterocycles. The minimum atomic E-state index is -4.24. The van der Waals surface area contributed by atoms with E-state index in [0.29, 0.717) is 4.57 Å². The van der Waals surface area contributed by atoms with Crippen LogP contribution in [0.3, 0.4) is 0 Å². The molecule has 0 aromatic carbocycles. The Labute approximate surface area is 119 Å². The van der Waals surface area contributed by atoms with Crippen LogP contribution in [-0.2, 0) is 19.6 Å². The number of aromatic nitrogens is 2. The Balaban J connectivity index is 2.74. The molecule has 4 atom stereocenters. The predicted molar refractivity (Wildman–Crippen MR) is 69.7 cm³/mol. The highest BCUT2D eigenvalue weighted by molar-refractivity contribution is 7.91. The van der Waals surface area contributed by atoms with Gasteiger partial charge in [-0.2, -0.15) is 4.98 Å². The van der Waals surface area contributed by atoms with Crippen molar-refractivity contribution in [3.8, 4) is 0 Å². The number of ether oxygens (including phenoxy) is 1. The van der Waals surface area contributed by atoms with Gasteiger partial charge in [-0.3, -0.25) is 4.57 Å². The summed E-state index contributed by atoms with van der Waals surface area (Å²) in [5.74, 6) is -0.147. The predicted octanol–water partition coefficient (Wildman–Crippen LogP) is -3.41. The molecule has 1 saturated heterocycles. The molecule has 1 aliphatic rings. The number of nitrogen functional groups attached to an aromatic ring is 1. The molecular formula is C10H15N3O7S. The van der Waals surface area contributed by atoms with E-state index in [-0.39, 0.29) is 5.82 Å². The number of nitrogens with zero attached hydrogens (tertiary/aromatic N) is 2. The van der Waals surface area contributed by atoms with Crippen molar-refractivity contribution in [1.29, 1.82) is 0 Å². The maximum absolute atomic E-state index is 12.1. The summed E-state index contributed by atoms with van der Waals surface area (Å²) in [7, 11) is -4.24. The molecule has 11 heteroatoms. The Hall–Kier alpha value is -1.53. The van der Waals surface area contributed by atoms with E-state index in [1.165, 1.54) is 0 Å². The standard InChI is InChI=1S/C10H15N3O7S/c1-21(18,19)10(8(16)7(15)5(4-14)20-10)13-3-2-6(11)12-9(13)17/h2-3,5,7-8,14-16H,4H2,1H3,(H2,11,12,17)/t5-,7-,8-,10+/m1/s1. The summed E-state index contributed by atoms with van der Waals surface area (Å²) in [4.78, 5) is 15.3. The van der Waals surface area contributed by atoms with Crippen molar-refractivity contribution in [2.24, 2.45) is 0 Å². The van der Waals surface area contributed by atoms with Crippen LogP contribution in [0.1, 0.15) is 0 Å². The van der Waals surface area contributed by atoms with Gasteiger partial charge in [0.1, 0.15) is 24.1 Å². The molecule has 0 saturated carbocycles. The summed E-state index contributed by atoms with van der Waals surface area (Å²) in [5, 5.41) is 26.4. The second-order valence-electron chi connectivity index (χ2n) is 4.68. The molecule has 5 N–H and O–H groups in total. The Morgan fingerprint density at radius 2 is 2.14 bits per heavy atom. The van der Waals surface area contributed by atoms with Crippen LogP contribution in [0.2, 0.25) is 0 Å². The minimum absolute atomic E-state index is 0.147. The molecule has 1 fully saturated rings. The summed E-state index contributed by atoms with van der Waals surface area (Å²) in [6.07, 6.45) is -3.35. The lowest BCUT2D eigenvalue weighted by atomic mass is 10.1. The quantitative estimate of drug-likeness (QED) is 0.444. The third-order valence-corrected chi connectivity index (χ3v) is 4.87. The first-order chi connectivity index (χ1) is 9.65. The van der Waals surface area contributed by atoms with E-state index < -0.39 is 45.5 Å². The normalized spacial score (nSPS) is 33.2. The number of nitrogens with two attached hydrogens (primary N) is 1. The maximum Gasteiger partial charge on any atom is 0.352 e. The van der Waals surface area contributed by atoms with Crippen LogP contribution in [0.4, 0.5) is 5.82 Å². The van der Waals surface area contributed by atoms with Gasteiger partial charge in [-0.05, 0) is 6.07 Å². The zero-order valence-electron chi connectivity index (χ0n) is 10.9. The van der Waals surface area contributed by atoms with Crippen molar-refractivity contribution in [2.75, 3.05) is 18.6 Å². The third-order valence-electron chi connectivity index (χ3n) is 3.27. The fourth-order valence-corrected chi connectivity index (χ4v) is 3.63. The molecule has 0 radical (unpaired) electrons. The summed E-state index contributed by atoms with van der Waals surface area (Å²) in [5.41, 5.74) is 4.25. The van der Waals surface area contributed by atoms with E-state index >= 15 is 0 Å². The monoisotopic (exact) mass is 321 g/mol. The van der Waals surface area contributed by atoms with Crippen LogP contribution in [-0.4, -0.2) is 64.5 Å². The molecule has 0 spiro atoms. The summed E-state index contributed by atoms with van der Waals surface area (Å²) < 4.78 is 29.9. The van der Waals surface area contributed by atoms with E-state index in [1.54, 1.807) is 0 Å². The van der Waals surface area contributed by atoms with E-state index in [4.69, 9.17) is 15.6 Å². The molecule has 10 nitrogen and oxygen atoms in total. The van der Waals surface area contributed by atoms with Crippen molar-refractivity contribution in [3.05, 3.63) is 22.7 Å². The van der Waals surface area contributed by atoms with E-state index in [2.05, 4.69) is 4.98 Å². The zero-order chi connectivity index (χ0) is 16.0. The van der Waals surface area contributed by atoms with Crippen LogP contribution in [0.5, 0.6) is 0 Å². The van der Waals surface area contributed by atoms with Gasteiger partial charge in [0, 0.05) is 12.5 Å². The number of rotatable bonds is 3. The molecule has 0 aliphatic carbocycles. The highest BCUT2D eigenvalue weighted by Crippen LogP contribution is 2.38. The topological polar surface area (TPSA) is 165 Å². The van der Waals surface area contributed by atoms with Gasteiger partial charge in [-0.25, -0.2) is 13.2 Å². The van der Waals surface area contributed by atoms with Crippen LogP contribution in [0.25, 0.3) is 0 Å². The first kappa shape index (κ1) is 15.9. The molecule has 0 amide bonds. The van der Waals surface area contributed by atoms with Crippen LogP contribution in [0.15, 0.2) is 17.1 Å². The van der Waals surface area contributed by atoms with Crippen molar-refractivity contribution in [1.82, 2.24) is 9.55 Å². The second-order valence-corrected chi connectivity index (χ2v) is 6.81. The maximum atomic E-state index is 12.1. The van der Waals surface area contributed by atoms with Gasteiger partial charge in [-0.15, -0.1) is 0 Å². The molecule has 0 bridgehead atoms. The van der Waals surface area contributed by atoms with Gasteiger partial charge < -0.3 is 25.8 Å². The first-order valence-electron chi connectivity index (χ1n) is 5.85. The van der Waals surface area contributed by atoms with E-state index in [0.717, 1.165) is 18.5 Å². The Morgan fingerprint density at radius 1 is 1.52 bits per heavy atom. The third kappa shape index (κ3) is 2.22. The zero-order valence-corrected chi connectivity index (χ0v) is 11.8. The number of anilines is 1. The number of sulfone groups is 1. The van der Waals surface area contributed by atoms with E-state index in [9.17, 15) is 23.4 Å². The van der Waals surface area contributed by atoms with Gasteiger partial charge in [0.2, 0.25) is 0 Å². The number of aliphatic hydroxyl groups is 3. The van der Waals surface area contributed by atoms with Gasteiger partial charge in [0.15, 0.2) is 9.84 Å². The minimum Gasteiger partial charge on any atom is -0.394 e. The highest BCUT2D eigenvalue weighted by atomic mass is 32.2. The van der Waals surface area contributed by atoms with Crippen molar-refractivity contribution in [2.45, 2.75) is 23.4 Å². The average molecular weight is 321 g/mol. The highest BCUT2D eigenvalue weighted by Gasteiger charge is 2.62. The fourth-order valence-electron chi connectivity index (χ4n) is 2.26. The van der Waals surface area contributed by atoms with Crippen molar-refractivity contribution < 1.29 is 28.5 Å². The average Bonchev–Trinajstić information content (AvgIpc) is 2.63.